The molecule has 41 heavy (non-hydrogen) atoms. The normalized spacial score (nSPS) is 14.1. The summed E-state index contributed by atoms with van der Waals surface area (Å²) in [6, 6.07) is 17.7. The van der Waals surface area contributed by atoms with E-state index in [4.69, 9.17) is 30.5 Å². The second-order valence-corrected chi connectivity index (χ2v) is 9.54. The van der Waals surface area contributed by atoms with E-state index in [9.17, 15) is 4.79 Å². The van der Waals surface area contributed by atoms with Gasteiger partial charge in [-0.2, -0.15) is 10.1 Å². The van der Waals surface area contributed by atoms with Crippen LogP contribution in [-0.4, -0.2) is 41.5 Å². The number of methoxy groups -OCH3 is 2. The number of ether oxygens (including phenoxy) is 4. The van der Waals surface area contributed by atoms with E-state index in [1.165, 1.54) is 13.4 Å². The van der Waals surface area contributed by atoms with Crippen LogP contribution < -0.4 is 29.6 Å². The summed E-state index contributed by atoms with van der Waals surface area (Å²) < 4.78 is 24.5. The number of rotatable bonds is 10. The lowest BCUT2D eigenvalue weighted by atomic mass is 9.94. The molecule has 1 aromatic heterocycles. The van der Waals surface area contributed by atoms with Crippen LogP contribution in [0.25, 0.3) is 0 Å². The molecular formula is C30H30ClN5O5. The van der Waals surface area contributed by atoms with Crippen LogP contribution in [0.4, 0.5) is 11.6 Å². The Morgan fingerprint density at radius 1 is 1.02 bits per heavy atom. The Morgan fingerprint density at radius 3 is 2.61 bits per heavy atom. The van der Waals surface area contributed by atoms with E-state index in [-0.39, 0.29) is 12.5 Å². The first-order chi connectivity index (χ1) is 19.9. The van der Waals surface area contributed by atoms with E-state index >= 15 is 0 Å². The predicted molar refractivity (Wildman–Crippen MR) is 156 cm³/mol. The molecule has 1 aliphatic rings. The Hall–Kier alpha value is -4.70. The standard InChI is InChI=1S/C30H30ClN5O5/c1-5-40-26-14-19(10-13-24(26)41-16-20-8-6-7-9-22(20)31)28-27(18(2)34-30-32-17-33-36(28)30)29(37)35-23-12-11-21(38-3)15-25(23)39-4/h6-15,17,28H,5,16H2,1-4H3,(H,35,37)(H,32,33,34). The van der Waals surface area contributed by atoms with E-state index in [1.807, 2.05) is 56.3 Å². The molecule has 2 N–H and O–H groups in total. The minimum absolute atomic E-state index is 0.274. The van der Waals surface area contributed by atoms with E-state index in [2.05, 4.69) is 20.7 Å². The SMILES string of the molecule is CCOc1cc(C2C(C(=O)Nc3ccc(OC)cc3OC)=C(C)Nc3ncnn32)ccc1OCc1ccccc1Cl. The van der Waals surface area contributed by atoms with Gasteiger partial charge >= 0.3 is 0 Å². The van der Waals surface area contributed by atoms with Crippen LogP contribution >= 0.6 is 11.6 Å². The van der Waals surface area contributed by atoms with Gasteiger partial charge in [0.05, 0.1) is 32.1 Å². The van der Waals surface area contributed by atoms with Crippen molar-refractivity contribution in [3.05, 3.63) is 94.4 Å². The number of nitrogens with zero attached hydrogens (tertiary/aromatic N) is 3. The molecule has 0 saturated carbocycles. The second-order valence-electron chi connectivity index (χ2n) is 9.13. The van der Waals surface area contributed by atoms with Crippen molar-refractivity contribution in [2.45, 2.75) is 26.5 Å². The zero-order chi connectivity index (χ0) is 28.9. The predicted octanol–water partition coefficient (Wildman–Crippen LogP) is 5.85. The van der Waals surface area contributed by atoms with Crippen molar-refractivity contribution in [3.63, 3.8) is 0 Å². The van der Waals surface area contributed by atoms with E-state index in [0.29, 0.717) is 57.5 Å². The number of nitrogens with one attached hydrogen (secondary N) is 2. The molecule has 0 fully saturated rings. The van der Waals surface area contributed by atoms with Crippen molar-refractivity contribution in [2.24, 2.45) is 0 Å². The molecule has 1 atom stereocenters. The molecule has 0 spiro atoms. The van der Waals surface area contributed by atoms with Gasteiger partial charge < -0.3 is 29.6 Å². The van der Waals surface area contributed by atoms with Crippen molar-refractivity contribution in [1.29, 1.82) is 0 Å². The van der Waals surface area contributed by atoms with Gasteiger partial charge in [0.15, 0.2) is 11.5 Å². The number of hydrogen-bond donors (Lipinski definition) is 2. The summed E-state index contributed by atoms with van der Waals surface area (Å²) in [7, 11) is 3.10. The van der Waals surface area contributed by atoms with Gasteiger partial charge in [-0.15, -0.1) is 0 Å². The Bertz CT molecular complexity index is 1600. The van der Waals surface area contributed by atoms with Crippen molar-refractivity contribution >= 4 is 29.1 Å². The molecule has 212 valence electrons. The Kier molecular flexibility index (Phi) is 8.30. The number of aromatic nitrogens is 3. The monoisotopic (exact) mass is 575 g/mol. The number of carbonyl (C=O) groups is 1. The maximum absolute atomic E-state index is 13.9. The van der Waals surface area contributed by atoms with Crippen LogP contribution in [0.5, 0.6) is 23.0 Å². The first-order valence-electron chi connectivity index (χ1n) is 13.0. The zero-order valence-electron chi connectivity index (χ0n) is 23.1. The van der Waals surface area contributed by atoms with Gasteiger partial charge in [-0.25, -0.2) is 4.68 Å². The van der Waals surface area contributed by atoms with E-state index in [0.717, 1.165) is 11.1 Å². The van der Waals surface area contributed by atoms with Crippen molar-refractivity contribution in [2.75, 3.05) is 31.5 Å². The van der Waals surface area contributed by atoms with Crippen molar-refractivity contribution < 1.29 is 23.7 Å². The lowest BCUT2D eigenvalue weighted by Crippen LogP contribution is -2.31. The highest BCUT2D eigenvalue weighted by atomic mass is 35.5. The highest BCUT2D eigenvalue weighted by Gasteiger charge is 2.34. The number of anilines is 2. The Balaban J connectivity index is 1.50. The average Bonchev–Trinajstić information content (AvgIpc) is 3.45. The topological polar surface area (TPSA) is 109 Å². The third kappa shape index (κ3) is 5.78. The number of halogens is 1. The summed E-state index contributed by atoms with van der Waals surface area (Å²) in [6.07, 6.45) is 1.44. The summed E-state index contributed by atoms with van der Waals surface area (Å²) in [6.45, 7) is 4.42. The highest BCUT2D eigenvalue weighted by Crippen LogP contribution is 2.40. The Labute approximate surface area is 242 Å². The number of carbonyl (C=O) groups excluding carboxylic acids is 1. The molecule has 0 saturated heterocycles. The van der Waals surface area contributed by atoms with Crippen LogP contribution in [0.2, 0.25) is 5.02 Å². The Morgan fingerprint density at radius 2 is 1.85 bits per heavy atom. The summed E-state index contributed by atoms with van der Waals surface area (Å²) in [5.74, 6) is 2.35. The summed E-state index contributed by atoms with van der Waals surface area (Å²) in [5.41, 5.74) is 3.21. The molecule has 2 heterocycles. The fourth-order valence-corrected chi connectivity index (χ4v) is 4.83. The van der Waals surface area contributed by atoms with E-state index in [1.54, 1.807) is 30.0 Å². The molecule has 4 aromatic rings. The lowest BCUT2D eigenvalue weighted by Gasteiger charge is -2.29. The fraction of sp³-hybridized carbons (Fsp3) is 0.233. The quantitative estimate of drug-likeness (QED) is 0.242. The smallest absolute Gasteiger partial charge is 0.255 e. The average molecular weight is 576 g/mol. The first kappa shape index (κ1) is 27.9. The van der Waals surface area contributed by atoms with Gasteiger partial charge in [0.2, 0.25) is 5.95 Å². The van der Waals surface area contributed by atoms with Gasteiger partial charge in [-0.05, 0) is 49.7 Å². The molecule has 0 bridgehead atoms. The lowest BCUT2D eigenvalue weighted by molar-refractivity contribution is -0.113. The first-order valence-corrected chi connectivity index (χ1v) is 13.3. The third-order valence-electron chi connectivity index (χ3n) is 6.62. The fourth-order valence-electron chi connectivity index (χ4n) is 4.64. The molecule has 3 aromatic carbocycles. The molecule has 0 radical (unpaired) electrons. The van der Waals surface area contributed by atoms with Crippen LogP contribution in [-0.2, 0) is 11.4 Å². The van der Waals surface area contributed by atoms with Crippen LogP contribution in [0.15, 0.2) is 78.3 Å². The molecule has 1 unspecified atom stereocenters. The summed E-state index contributed by atoms with van der Waals surface area (Å²) in [5, 5.41) is 11.2. The van der Waals surface area contributed by atoms with Crippen molar-refractivity contribution in [1.82, 2.24) is 14.8 Å². The molecule has 5 rings (SSSR count). The highest BCUT2D eigenvalue weighted by molar-refractivity contribution is 6.31. The van der Waals surface area contributed by atoms with Gasteiger partial charge in [0.1, 0.15) is 30.5 Å². The maximum Gasteiger partial charge on any atom is 0.255 e. The van der Waals surface area contributed by atoms with Gasteiger partial charge in [-0.1, -0.05) is 35.9 Å². The molecule has 1 amide bonds. The van der Waals surface area contributed by atoms with Crippen molar-refractivity contribution in [3.8, 4) is 23.0 Å². The minimum Gasteiger partial charge on any atom is -0.497 e. The number of hydrogen-bond acceptors (Lipinski definition) is 8. The number of fused-ring (bicyclic) bond motifs is 1. The van der Waals surface area contributed by atoms with Crippen LogP contribution in [0.3, 0.4) is 0 Å². The molecule has 11 heteroatoms. The van der Waals surface area contributed by atoms with Crippen LogP contribution in [0, 0.1) is 0 Å². The molecule has 0 aliphatic carbocycles. The summed E-state index contributed by atoms with van der Waals surface area (Å²) >= 11 is 6.32. The molecular weight excluding hydrogens is 546 g/mol. The largest absolute Gasteiger partial charge is 0.497 e. The number of benzene rings is 3. The zero-order valence-corrected chi connectivity index (χ0v) is 23.9. The number of allylic oxidation sites excluding steroid dienone is 1. The van der Waals surface area contributed by atoms with Gasteiger partial charge in [0, 0.05) is 22.3 Å². The molecule has 1 aliphatic heterocycles. The van der Waals surface area contributed by atoms with E-state index < -0.39 is 6.04 Å². The van der Waals surface area contributed by atoms with Gasteiger partial charge in [0.25, 0.3) is 5.91 Å². The maximum atomic E-state index is 13.9. The van der Waals surface area contributed by atoms with Crippen LogP contribution in [0.1, 0.15) is 31.0 Å². The second kappa shape index (κ2) is 12.2. The summed E-state index contributed by atoms with van der Waals surface area (Å²) in [4.78, 5) is 18.2. The minimum atomic E-state index is -0.602. The third-order valence-corrected chi connectivity index (χ3v) is 6.99. The molecule has 10 nitrogen and oxygen atoms in total. The van der Waals surface area contributed by atoms with Gasteiger partial charge in [-0.3, -0.25) is 4.79 Å². The number of amides is 1.